The first-order valence-electron chi connectivity index (χ1n) is 8.91. The topological polar surface area (TPSA) is 73.4 Å². The predicted octanol–water partition coefficient (Wildman–Crippen LogP) is 3.58. The van der Waals surface area contributed by atoms with Crippen LogP contribution in [0.25, 0.3) is 0 Å². The van der Waals surface area contributed by atoms with Gasteiger partial charge in [-0.25, -0.2) is 9.48 Å². The summed E-state index contributed by atoms with van der Waals surface area (Å²) in [6, 6.07) is 4.66. The van der Waals surface area contributed by atoms with Gasteiger partial charge in [-0.15, -0.1) is 0 Å². The summed E-state index contributed by atoms with van der Waals surface area (Å²) in [6.45, 7) is 6.04. The molecule has 0 fully saturated rings. The Kier molecular flexibility index (Phi) is 5.14. The minimum atomic E-state index is -4.38. The van der Waals surface area contributed by atoms with Crippen LogP contribution in [0.15, 0.2) is 30.5 Å². The zero-order chi connectivity index (χ0) is 20.7. The van der Waals surface area contributed by atoms with Crippen LogP contribution in [-0.2, 0) is 23.9 Å². The summed E-state index contributed by atoms with van der Waals surface area (Å²) >= 11 is 0. The second-order valence-corrected chi connectivity index (χ2v) is 7.90. The second-order valence-electron chi connectivity index (χ2n) is 7.90. The molecule has 0 saturated carbocycles. The van der Waals surface area contributed by atoms with Gasteiger partial charge in [0.05, 0.1) is 18.3 Å². The van der Waals surface area contributed by atoms with Gasteiger partial charge in [-0.1, -0.05) is 12.1 Å². The minimum absolute atomic E-state index is 0.278. The lowest BCUT2D eigenvalue weighted by molar-refractivity contribution is -0.137. The molecule has 2 heterocycles. The summed E-state index contributed by atoms with van der Waals surface area (Å²) in [5.74, 6) is 0.566. The lowest BCUT2D eigenvalue weighted by Crippen LogP contribution is -2.50. The molecule has 2 aromatic rings. The van der Waals surface area contributed by atoms with Crippen LogP contribution in [0.5, 0.6) is 0 Å². The molecule has 1 amide bonds. The SMILES string of the molecule is CC(C)(C)OC(=O)N1CC(N)Cn2ncc(Cc3ccc(C(F)(F)F)cc3)c21. The van der Waals surface area contributed by atoms with Gasteiger partial charge in [0.2, 0.25) is 0 Å². The van der Waals surface area contributed by atoms with E-state index in [4.69, 9.17) is 10.5 Å². The molecule has 6 nitrogen and oxygen atoms in total. The quantitative estimate of drug-likeness (QED) is 0.842. The third kappa shape index (κ3) is 4.46. The molecule has 1 unspecified atom stereocenters. The summed E-state index contributed by atoms with van der Waals surface area (Å²) in [5.41, 5.74) is 6.08. The molecule has 0 bridgehead atoms. The molecule has 1 aromatic heterocycles. The first-order valence-corrected chi connectivity index (χ1v) is 8.91. The average molecular weight is 396 g/mol. The Labute approximate surface area is 161 Å². The number of nitrogens with two attached hydrogens (primary N) is 1. The largest absolute Gasteiger partial charge is 0.443 e. The minimum Gasteiger partial charge on any atom is -0.443 e. The number of anilines is 1. The summed E-state index contributed by atoms with van der Waals surface area (Å²) < 4.78 is 45.4. The molecule has 0 radical (unpaired) electrons. The molecule has 3 rings (SSSR count). The summed E-state index contributed by atoms with van der Waals surface area (Å²) in [6.07, 6.45) is -2.96. The number of ether oxygens (including phenoxy) is 1. The molecule has 1 atom stereocenters. The van der Waals surface area contributed by atoms with E-state index in [2.05, 4.69) is 5.10 Å². The molecule has 0 aliphatic carbocycles. The van der Waals surface area contributed by atoms with E-state index in [9.17, 15) is 18.0 Å². The van der Waals surface area contributed by atoms with Gasteiger partial charge in [-0.3, -0.25) is 4.90 Å². The van der Waals surface area contributed by atoms with Crippen molar-refractivity contribution >= 4 is 11.9 Å². The van der Waals surface area contributed by atoms with E-state index in [0.29, 0.717) is 24.3 Å². The Bertz CT molecular complexity index is 854. The molecule has 1 aliphatic heterocycles. The molecular formula is C19H23F3N4O2. The van der Waals surface area contributed by atoms with Crippen molar-refractivity contribution < 1.29 is 22.7 Å². The Balaban J connectivity index is 1.88. The second kappa shape index (κ2) is 7.12. The highest BCUT2D eigenvalue weighted by atomic mass is 19.4. The van der Waals surface area contributed by atoms with Gasteiger partial charge in [0.1, 0.15) is 11.4 Å². The predicted molar refractivity (Wildman–Crippen MR) is 98.0 cm³/mol. The van der Waals surface area contributed by atoms with Crippen molar-refractivity contribution in [3.05, 3.63) is 47.2 Å². The maximum Gasteiger partial charge on any atom is 0.416 e. The van der Waals surface area contributed by atoms with Gasteiger partial charge in [-0.05, 0) is 38.5 Å². The number of halogens is 3. The molecule has 0 spiro atoms. The first-order chi connectivity index (χ1) is 12.9. The number of benzene rings is 1. The fourth-order valence-corrected chi connectivity index (χ4v) is 3.10. The number of amides is 1. The molecule has 152 valence electrons. The van der Waals surface area contributed by atoms with Gasteiger partial charge in [0.15, 0.2) is 0 Å². The van der Waals surface area contributed by atoms with E-state index in [0.717, 1.165) is 17.7 Å². The molecule has 2 N–H and O–H groups in total. The zero-order valence-electron chi connectivity index (χ0n) is 16.0. The van der Waals surface area contributed by atoms with Crippen LogP contribution in [-0.4, -0.2) is 34.1 Å². The van der Waals surface area contributed by atoms with Gasteiger partial charge >= 0.3 is 12.3 Å². The Morgan fingerprint density at radius 1 is 1.21 bits per heavy atom. The number of aromatic nitrogens is 2. The van der Waals surface area contributed by atoms with Crippen molar-refractivity contribution in [3.8, 4) is 0 Å². The fraction of sp³-hybridized carbons (Fsp3) is 0.474. The number of nitrogens with zero attached hydrogens (tertiary/aromatic N) is 3. The Hall–Kier alpha value is -2.55. The van der Waals surface area contributed by atoms with Crippen LogP contribution in [0.3, 0.4) is 0 Å². The molecule has 0 saturated heterocycles. The maximum absolute atomic E-state index is 12.8. The van der Waals surface area contributed by atoms with Crippen molar-refractivity contribution in [1.29, 1.82) is 0 Å². The molecule has 1 aromatic carbocycles. The van der Waals surface area contributed by atoms with Gasteiger partial charge in [-0.2, -0.15) is 18.3 Å². The van der Waals surface area contributed by atoms with E-state index in [1.165, 1.54) is 17.0 Å². The standard InChI is InChI=1S/C19H23F3N4O2/c1-18(2,3)28-17(27)25-10-15(23)11-26-16(25)13(9-24-26)8-12-4-6-14(7-5-12)19(20,21)22/h4-7,9,15H,8,10-11,23H2,1-3H3. The van der Waals surface area contributed by atoms with Gasteiger partial charge in [0.25, 0.3) is 0 Å². The number of fused-ring (bicyclic) bond motifs is 1. The summed E-state index contributed by atoms with van der Waals surface area (Å²) in [7, 11) is 0. The fourth-order valence-electron chi connectivity index (χ4n) is 3.10. The van der Waals surface area contributed by atoms with Crippen LogP contribution in [0.1, 0.15) is 37.5 Å². The van der Waals surface area contributed by atoms with Crippen LogP contribution >= 0.6 is 0 Å². The third-order valence-corrected chi connectivity index (χ3v) is 4.25. The molecular weight excluding hydrogens is 373 g/mol. The highest BCUT2D eigenvalue weighted by molar-refractivity contribution is 5.88. The lowest BCUT2D eigenvalue weighted by Gasteiger charge is -2.33. The van der Waals surface area contributed by atoms with Crippen LogP contribution in [0.4, 0.5) is 23.8 Å². The summed E-state index contributed by atoms with van der Waals surface area (Å²) in [4.78, 5) is 14.1. The smallest absolute Gasteiger partial charge is 0.416 e. The number of hydrogen-bond acceptors (Lipinski definition) is 4. The maximum atomic E-state index is 12.8. The molecule has 28 heavy (non-hydrogen) atoms. The van der Waals surface area contributed by atoms with Crippen molar-refractivity contribution in [3.63, 3.8) is 0 Å². The average Bonchev–Trinajstić information content (AvgIpc) is 2.94. The van der Waals surface area contributed by atoms with E-state index < -0.39 is 23.4 Å². The number of rotatable bonds is 2. The summed E-state index contributed by atoms with van der Waals surface area (Å²) in [5, 5.41) is 4.30. The van der Waals surface area contributed by atoms with E-state index in [-0.39, 0.29) is 12.6 Å². The van der Waals surface area contributed by atoms with Crippen LogP contribution in [0, 0.1) is 0 Å². The Morgan fingerprint density at radius 2 is 1.86 bits per heavy atom. The van der Waals surface area contributed by atoms with Crippen molar-refractivity contribution in [2.24, 2.45) is 5.73 Å². The van der Waals surface area contributed by atoms with E-state index in [1.807, 2.05) is 0 Å². The van der Waals surface area contributed by atoms with Gasteiger partial charge in [0, 0.05) is 24.6 Å². The zero-order valence-corrected chi connectivity index (χ0v) is 16.0. The van der Waals surface area contributed by atoms with Crippen molar-refractivity contribution in [2.45, 2.75) is 51.6 Å². The van der Waals surface area contributed by atoms with Crippen molar-refractivity contribution in [1.82, 2.24) is 9.78 Å². The highest BCUT2D eigenvalue weighted by Gasteiger charge is 2.33. The Morgan fingerprint density at radius 3 is 2.43 bits per heavy atom. The van der Waals surface area contributed by atoms with Crippen LogP contribution < -0.4 is 10.6 Å². The van der Waals surface area contributed by atoms with Crippen molar-refractivity contribution in [2.75, 3.05) is 11.4 Å². The third-order valence-electron chi connectivity index (χ3n) is 4.25. The highest BCUT2D eigenvalue weighted by Crippen LogP contribution is 2.31. The van der Waals surface area contributed by atoms with E-state index in [1.54, 1.807) is 31.6 Å². The lowest BCUT2D eigenvalue weighted by atomic mass is 10.0. The number of carbonyl (C=O) groups excluding carboxylic acids is 1. The number of alkyl halides is 3. The monoisotopic (exact) mass is 396 g/mol. The first kappa shape index (κ1) is 20.2. The number of hydrogen-bond donors (Lipinski definition) is 1. The normalized spacial score (nSPS) is 17.4. The molecule has 1 aliphatic rings. The van der Waals surface area contributed by atoms with E-state index >= 15 is 0 Å². The molecule has 9 heteroatoms. The van der Waals surface area contributed by atoms with Crippen LogP contribution in [0.2, 0.25) is 0 Å². The number of carbonyl (C=O) groups is 1. The van der Waals surface area contributed by atoms with Gasteiger partial charge < -0.3 is 10.5 Å².